The predicted octanol–water partition coefficient (Wildman–Crippen LogP) is 0.979. The molecule has 0 fully saturated rings. The van der Waals surface area contributed by atoms with Crippen LogP contribution in [-0.4, -0.2) is 17.2 Å². The van der Waals surface area contributed by atoms with Gasteiger partial charge in [-0.1, -0.05) is 0 Å². The molecule has 0 aliphatic heterocycles. The molecule has 1 aromatic heterocycles. The molecule has 1 rings (SSSR count). The van der Waals surface area contributed by atoms with Gasteiger partial charge in [0.05, 0.1) is 25.0 Å². The fraction of sp³-hybridized carbons (Fsp3) is 0.444. The van der Waals surface area contributed by atoms with E-state index in [1.807, 2.05) is 0 Å². The van der Waals surface area contributed by atoms with Crippen molar-refractivity contribution in [3.63, 3.8) is 0 Å². The van der Waals surface area contributed by atoms with Gasteiger partial charge in [0, 0.05) is 18.3 Å². The molecule has 0 saturated carbocycles. The molecular weight excluding hydrogens is 206 g/mol. The fourth-order valence-electron chi connectivity index (χ4n) is 1.33. The minimum atomic E-state index is -2.68. The summed E-state index contributed by atoms with van der Waals surface area (Å²) in [4.78, 5) is 3.71. The Morgan fingerprint density at radius 3 is 2.67 bits per heavy atom. The second-order valence-corrected chi connectivity index (χ2v) is 2.83. The van der Waals surface area contributed by atoms with E-state index >= 15 is 0 Å². The van der Waals surface area contributed by atoms with Gasteiger partial charge in [-0.3, -0.25) is 4.98 Å². The maximum atomic E-state index is 12.5. The molecular formula is C9H12F2N2O2. The molecule has 6 heteroatoms. The van der Waals surface area contributed by atoms with Crippen molar-refractivity contribution in [2.24, 2.45) is 5.73 Å². The molecule has 15 heavy (non-hydrogen) atoms. The minimum Gasteiger partial charge on any atom is -0.496 e. The second kappa shape index (κ2) is 4.99. The van der Waals surface area contributed by atoms with Gasteiger partial charge in [-0.2, -0.15) is 0 Å². The lowest BCUT2D eigenvalue weighted by Crippen LogP contribution is -2.09. The Bertz CT molecular complexity index is 345. The number of pyridine rings is 1. The summed E-state index contributed by atoms with van der Waals surface area (Å²) < 4.78 is 29.9. The summed E-state index contributed by atoms with van der Waals surface area (Å²) in [6.45, 7) is -0.362. The Morgan fingerprint density at radius 2 is 2.27 bits per heavy atom. The summed E-state index contributed by atoms with van der Waals surface area (Å²) in [6.07, 6.45) is -1.68. The van der Waals surface area contributed by atoms with Crippen LogP contribution in [0, 0.1) is 0 Å². The van der Waals surface area contributed by atoms with Gasteiger partial charge < -0.3 is 15.6 Å². The number of hydrogen-bond donors (Lipinski definition) is 2. The van der Waals surface area contributed by atoms with Gasteiger partial charge in [0.15, 0.2) is 0 Å². The molecule has 84 valence electrons. The van der Waals surface area contributed by atoms with Crippen molar-refractivity contribution in [1.29, 1.82) is 0 Å². The zero-order valence-electron chi connectivity index (χ0n) is 8.20. The summed E-state index contributed by atoms with van der Waals surface area (Å²) in [5.41, 5.74) is 5.67. The Kier molecular flexibility index (Phi) is 3.93. The number of rotatable bonds is 4. The summed E-state index contributed by atoms with van der Waals surface area (Å²) >= 11 is 0. The fourth-order valence-corrected chi connectivity index (χ4v) is 1.33. The molecule has 0 atom stereocenters. The van der Waals surface area contributed by atoms with Gasteiger partial charge in [0.2, 0.25) is 0 Å². The molecule has 0 amide bonds. The molecule has 0 radical (unpaired) electrons. The quantitative estimate of drug-likeness (QED) is 0.790. The number of ether oxygens (including phenoxy) is 1. The second-order valence-electron chi connectivity index (χ2n) is 2.83. The standard InChI is InChI=1S/C9H12F2N2O2/c1-15-8-5(2-12)7(4-14)13-3-6(8)9(10)11/h3,9,14H,2,4,12H2,1H3. The highest BCUT2D eigenvalue weighted by molar-refractivity contribution is 5.43. The van der Waals surface area contributed by atoms with E-state index in [0.29, 0.717) is 5.56 Å². The largest absolute Gasteiger partial charge is 0.496 e. The van der Waals surface area contributed by atoms with Crippen molar-refractivity contribution in [2.75, 3.05) is 7.11 Å². The number of nitrogens with zero attached hydrogens (tertiary/aromatic N) is 1. The zero-order valence-corrected chi connectivity index (χ0v) is 8.20. The maximum absolute atomic E-state index is 12.5. The van der Waals surface area contributed by atoms with Crippen LogP contribution in [0.1, 0.15) is 23.2 Å². The first-order valence-electron chi connectivity index (χ1n) is 4.29. The van der Waals surface area contributed by atoms with E-state index in [0.717, 1.165) is 6.20 Å². The van der Waals surface area contributed by atoms with Crippen LogP contribution in [0.25, 0.3) is 0 Å². The van der Waals surface area contributed by atoms with Crippen LogP contribution >= 0.6 is 0 Å². The van der Waals surface area contributed by atoms with Gasteiger partial charge in [0.25, 0.3) is 6.43 Å². The molecule has 4 nitrogen and oxygen atoms in total. The van der Waals surface area contributed by atoms with E-state index in [1.54, 1.807) is 0 Å². The average molecular weight is 218 g/mol. The Hall–Kier alpha value is -1.27. The molecule has 3 N–H and O–H groups in total. The number of aliphatic hydroxyl groups is 1. The van der Waals surface area contributed by atoms with Crippen molar-refractivity contribution < 1.29 is 18.6 Å². The first-order valence-corrected chi connectivity index (χ1v) is 4.29. The summed E-state index contributed by atoms with van der Waals surface area (Å²) in [6, 6.07) is 0. The molecule has 0 aromatic carbocycles. The van der Waals surface area contributed by atoms with Crippen LogP contribution in [0.4, 0.5) is 8.78 Å². The Labute approximate surface area is 85.7 Å². The van der Waals surface area contributed by atoms with Crippen LogP contribution in [-0.2, 0) is 13.2 Å². The average Bonchev–Trinajstić information content (AvgIpc) is 2.26. The molecule has 0 aliphatic carbocycles. The SMILES string of the molecule is COc1c(C(F)F)cnc(CO)c1CN. The highest BCUT2D eigenvalue weighted by Gasteiger charge is 2.19. The van der Waals surface area contributed by atoms with E-state index in [9.17, 15) is 8.78 Å². The van der Waals surface area contributed by atoms with Gasteiger partial charge in [-0.25, -0.2) is 8.78 Å². The molecule has 0 saturated heterocycles. The van der Waals surface area contributed by atoms with Crippen molar-refractivity contribution in [3.8, 4) is 5.75 Å². The van der Waals surface area contributed by atoms with Crippen LogP contribution in [0.15, 0.2) is 6.20 Å². The van der Waals surface area contributed by atoms with Crippen molar-refractivity contribution in [2.45, 2.75) is 19.6 Å². The molecule has 0 unspecified atom stereocenters. The number of nitrogens with two attached hydrogens (primary N) is 1. The topological polar surface area (TPSA) is 68.4 Å². The van der Waals surface area contributed by atoms with Crippen LogP contribution in [0.3, 0.4) is 0 Å². The van der Waals surface area contributed by atoms with E-state index in [-0.39, 0.29) is 30.2 Å². The van der Waals surface area contributed by atoms with E-state index in [4.69, 9.17) is 15.6 Å². The number of aliphatic hydroxyl groups excluding tert-OH is 1. The first kappa shape index (κ1) is 11.8. The third-order valence-corrected chi connectivity index (χ3v) is 2.04. The zero-order chi connectivity index (χ0) is 11.4. The van der Waals surface area contributed by atoms with Crippen molar-refractivity contribution in [1.82, 2.24) is 4.98 Å². The lowest BCUT2D eigenvalue weighted by atomic mass is 10.1. The monoisotopic (exact) mass is 218 g/mol. The van der Waals surface area contributed by atoms with Crippen LogP contribution in [0.2, 0.25) is 0 Å². The number of alkyl halides is 2. The number of hydrogen-bond acceptors (Lipinski definition) is 4. The normalized spacial score (nSPS) is 10.8. The summed E-state index contributed by atoms with van der Waals surface area (Å²) in [5, 5.41) is 8.94. The molecule has 0 aliphatic rings. The molecule has 1 heterocycles. The third-order valence-electron chi connectivity index (χ3n) is 2.04. The van der Waals surface area contributed by atoms with E-state index in [2.05, 4.69) is 4.98 Å². The number of methoxy groups -OCH3 is 1. The van der Waals surface area contributed by atoms with E-state index in [1.165, 1.54) is 7.11 Å². The third kappa shape index (κ3) is 2.21. The van der Waals surface area contributed by atoms with Crippen molar-refractivity contribution >= 4 is 0 Å². The summed E-state index contributed by atoms with van der Waals surface area (Å²) in [7, 11) is 1.28. The predicted molar refractivity (Wildman–Crippen MR) is 49.6 cm³/mol. The highest BCUT2D eigenvalue weighted by atomic mass is 19.3. The maximum Gasteiger partial charge on any atom is 0.268 e. The first-order chi connectivity index (χ1) is 7.15. The smallest absolute Gasteiger partial charge is 0.268 e. The lowest BCUT2D eigenvalue weighted by Gasteiger charge is -2.14. The molecule has 0 bridgehead atoms. The highest BCUT2D eigenvalue weighted by Crippen LogP contribution is 2.32. The minimum absolute atomic E-state index is 0.00606. The van der Waals surface area contributed by atoms with E-state index < -0.39 is 6.43 Å². The molecule has 1 aromatic rings. The Morgan fingerprint density at radius 1 is 1.60 bits per heavy atom. The van der Waals surface area contributed by atoms with Gasteiger partial charge in [-0.05, 0) is 0 Å². The van der Waals surface area contributed by atoms with Gasteiger partial charge in [-0.15, -0.1) is 0 Å². The van der Waals surface area contributed by atoms with Crippen LogP contribution in [0.5, 0.6) is 5.75 Å². The number of aromatic nitrogens is 1. The van der Waals surface area contributed by atoms with Crippen LogP contribution < -0.4 is 10.5 Å². The Balaban J connectivity index is 3.34. The number of halogens is 2. The molecule has 0 spiro atoms. The summed E-state index contributed by atoms with van der Waals surface area (Å²) in [5.74, 6) is 0.00606. The van der Waals surface area contributed by atoms with Crippen molar-refractivity contribution in [3.05, 3.63) is 23.0 Å². The lowest BCUT2D eigenvalue weighted by molar-refractivity contribution is 0.146. The van der Waals surface area contributed by atoms with Gasteiger partial charge >= 0.3 is 0 Å². The van der Waals surface area contributed by atoms with Gasteiger partial charge in [0.1, 0.15) is 5.75 Å².